The van der Waals surface area contributed by atoms with Crippen molar-refractivity contribution in [1.29, 1.82) is 10.5 Å². The van der Waals surface area contributed by atoms with Crippen LogP contribution < -0.4 is 0 Å². The highest BCUT2D eigenvalue weighted by atomic mass is 32.2. The molecule has 0 spiro atoms. The van der Waals surface area contributed by atoms with Gasteiger partial charge in [0.15, 0.2) is 5.92 Å². The van der Waals surface area contributed by atoms with E-state index in [1.165, 1.54) is 18.9 Å². The Morgan fingerprint density at radius 1 is 1.57 bits per heavy atom. The molecule has 0 saturated heterocycles. The molecule has 6 heteroatoms. The van der Waals surface area contributed by atoms with Crippen LogP contribution in [0.4, 0.5) is 0 Å². The van der Waals surface area contributed by atoms with Crippen LogP contribution in [-0.2, 0) is 9.53 Å². The summed E-state index contributed by atoms with van der Waals surface area (Å²) in [6, 6.07) is 3.56. The van der Waals surface area contributed by atoms with Crippen LogP contribution >= 0.6 is 11.8 Å². The van der Waals surface area contributed by atoms with Crippen molar-refractivity contribution in [3.05, 3.63) is 0 Å². The number of nitrogens with zero attached hydrogens (tertiary/aromatic N) is 3. The Morgan fingerprint density at radius 3 is 2.50 bits per heavy atom. The van der Waals surface area contributed by atoms with Crippen LogP contribution in [-0.4, -0.2) is 30.9 Å². The Morgan fingerprint density at radius 2 is 2.14 bits per heavy atom. The molecule has 74 valence electrons. The van der Waals surface area contributed by atoms with E-state index < -0.39 is 11.9 Å². The molecule has 0 aliphatic rings. The van der Waals surface area contributed by atoms with Crippen LogP contribution in [0, 0.1) is 28.6 Å². The maximum atomic E-state index is 10.7. The number of carbonyl (C=O) groups excluding carboxylic acids is 1. The van der Waals surface area contributed by atoms with E-state index in [2.05, 4.69) is 9.73 Å². The average Bonchev–Trinajstić information content (AvgIpc) is 2.23. The fourth-order valence-corrected chi connectivity index (χ4v) is 1.15. The molecule has 0 N–H and O–H groups in total. The molecule has 0 aromatic carbocycles. The summed E-state index contributed by atoms with van der Waals surface area (Å²) in [5, 5.41) is 17.5. The maximum absolute atomic E-state index is 10.7. The number of hydrogen-bond acceptors (Lipinski definition) is 6. The van der Waals surface area contributed by atoms with Crippen molar-refractivity contribution < 1.29 is 9.53 Å². The van der Waals surface area contributed by atoms with E-state index in [1.54, 1.807) is 18.4 Å². The van der Waals surface area contributed by atoms with Gasteiger partial charge < -0.3 is 4.74 Å². The molecule has 0 radical (unpaired) electrons. The largest absolute Gasteiger partial charge is 0.468 e. The molecular formula is C8H9N3O2S. The normalized spacial score (nSPS) is 10.5. The number of esters is 1. The van der Waals surface area contributed by atoms with Crippen molar-refractivity contribution in [2.24, 2.45) is 10.9 Å². The first-order valence-corrected chi connectivity index (χ1v) is 4.86. The second kappa shape index (κ2) is 6.93. The number of thioether (sulfide) groups is 1. The Hall–Kier alpha value is -1.53. The molecule has 0 fully saturated rings. The van der Waals surface area contributed by atoms with Crippen LogP contribution in [0.25, 0.3) is 0 Å². The number of methoxy groups -OCH3 is 1. The third-order valence-electron chi connectivity index (χ3n) is 1.31. The molecule has 0 heterocycles. The van der Waals surface area contributed by atoms with Gasteiger partial charge in [0.25, 0.3) is 0 Å². The van der Waals surface area contributed by atoms with Gasteiger partial charge in [0.2, 0.25) is 0 Å². The molecule has 0 unspecified atom stereocenters. The van der Waals surface area contributed by atoms with E-state index in [4.69, 9.17) is 10.5 Å². The number of aliphatic imine (C=N–C) groups is 1. The molecule has 0 aliphatic carbocycles. The van der Waals surface area contributed by atoms with Crippen LogP contribution in [0.2, 0.25) is 0 Å². The van der Waals surface area contributed by atoms with Gasteiger partial charge in [-0.05, 0) is 6.26 Å². The predicted molar refractivity (Wildman–Crippen MR) is 52.5 cm³/mol. The Kier molecular flexibility index (Phi) is 6.17. The summed E-state index contributed by atoms with van der Waals surface area (Å²) in [5.41, 5.74) is 0. The van der Waals surface area contributed by atoms with Crippen LogP contribution in [0.5, 0.6) is 0 Å². The summed E-state index contributed by atoms with van der Waals surface area (Å²) < 4.78 is 4.37. The minimum Gasteiger partial charge on any atom is -0.468 e. The van der Waals surface area contributed by atoms with E-state index in [9.17, 15) is 4.79 Å². The highest BCUT2D eigenvalue weighted by Crippen LogP contribution is 2.09. The van der Waals surface area contributed by atoms with Gasteiger partial charge in [-0.25, -0.2) is 0 Å². The Bertz CT molecular complexity index is 300. The fraction of sp³-hybridized carbons (Fsp3) is 0.500. The minimum atomic E-state index is -0.908. The molecule has 0 bridgehead atoms. The molecule has 0 aliphatic heterocycles. The van der Waals surface area contributed by atoms with Gasteiger partial charge in [-0.2, -0.15) is 10.5 Å². The van der Waals surface area contributed by atoms with Crippen molar-refractivity contribution >= 4 is 22.8 Å². The van der Waals surface area contributed by atoms with E-state index in [0.29, 0.717) is 5.04 Å². The first kappa shape index (κ1) is 12.5. The van der Waals surface area contributed by atoms with Gasteiger partial charge in [0.05, 0.1) is 24.3 Å². The zero-order valence-corrected chi connectivity index (χ0v) is 8.67. The number of carbonyl (C=O) groups is 1. The lowest BCUT2D eigenvalue weighted by Crippen LogP contribution is -2.11. The summed E-state index contributed by atoms with van der Waals surface area (Å²) in [4.78, 5) is 14.5. The smallest absolute Gasteiger partial charge is 0.327 e. The Labute approximate surface area is 86.4 Å². The van der Waals surface area contributed by atoms with Gasteiger partial charge in [-0.3, -0.25) is 9.79 Å². The molecular weight excluding hydrogens is 202 g/mol. The van der Waals surface area contributed by atoms with Gasteiger partial charge in [-0.15, -0.1) is 11.8 Å². The molecule has 0 amide bonds. The minimum absolute atomic E-state index is 0.160. The van der Waals surface area contributed by atoms with Crippen LogP contribution in [0.1, 0.15) is 0 Å². The lowest BCUT2D eigenvalue weighted by Gasteiger charge is -2.01. The lowest BCUT2D eigenvalue weighted by molar-refractivity contribution is -0.138. The monoisotopic (exact) mass is 211 g/mol. The van der Waals surface area contributed by atoms with E-state index in [0.717, 1.165) is 0 Å². The summed E-state index contributed by atoms with van der Waals surface area (Å²) in [5.74, 6) is -1.40. The number of hydrogen-bond donors (Lipinski definition) is 0. The Balaban J connectivity index is 4.50. The highest BCUT2D eigenvalue weighted by Gasteiger charge is 2.13. The number of ether oxygens (including phenoxy) is 1. The van der Waals surface area contributed by atoms with Crippen molar-refractivity contribution in [3.63, 3.8) is 0 Å². The van der Waals surface area contributed by atoms with Crippen molar-refractivity contribution in [2.75, 3.05) is 19.9 Å². The summed E-state index contributed by atoms with van der Waals surface area (Å²) in [6.07, 6.45) is 1.69. The molecule has 5 nitrogen and oxygen atoms in total. The summed E-state index contributed by atoms with van der Waals surface area (Å²) >= 11 is 1.18. The zero-order valence-electron chi connectivity index (χ0n) is 7.85. The van der Waals surface area contributed by atoms with E-state index >= 15 is 0 Å². The standard InChI is InChI=1S/C8H9N3O2S/c1-13-7(12)5-11-8(14-2)6(3-9)4-10/h6H,5H2,1-2H3. The van der Waals surface area contributed by atoms with Gasteiger partial charge >= 0.3 is 5.97 Å². The second-order valence-electron chi connectivity index (χ2n) is 2.13. The quantitative estimate of drug-likeness (QED) is 0.387. The predicted octanol–water partition coefficient (Wildman–Crippen LogP) is 0.584. The third kappa shape index (κ3) is 3.92. The van der Waals surface area contributed by atoms with Gasteiger partial charge in [0.1, 0.15) is 6.54 Å². The average molecular weight is 211 g/mol. The lowest BCUT2D eigenvalue weighted by atomic mass is 10.2. The SMILES string of the molecule is COC(=O)CN=C(SC)C(C#N)C#N. The summed E-state index contributed by atoms with van der Waals surface area (Å²) in [6.45, 7) is -0.160. The maximum Gasteiger partial charge on any atom is 0.327 e. The van der Waals surface area contributed by atoms with Crippen LogP contribution in [0.15, 0.2) is 4.99 Å². The first-order valence-electron chi connectivity index (χ1n) is 3.64. The molecule has 0 atom stereocenters. The number of nitriles is 2. The van der Waals surface area contributed by atoms with Gasteiger partial charge in [-0.1, -0.05) is 0 Å². The number of rotatable bonds is 3. The highest BCUT2D eigenvalue weighted by molar-refractivity contribution is 8.13. The van der Waals surface area contributed by atoms with Crippen molar-refractivity contribution in [3.8, 4) is 12.1 Å². The van der Waals surface area contributed by atoms with Crippen LogP contribution in [0.3, 0.4) is 0 Å². The summed E-state index contributed by atoms with van der Waals surface area (Å²) in [7, 11) is 1.25. The third-order valence-corrected chi connectivity index (χ3v) is 2.09. The van der Waals surface area contributed by atoms with Crippen molar-refractivity contribution in [1.82, 2.24) is 0 Å². The van der Waals surface area contributed by atoms with Gasteiger partial charge in [0, 0.05) is 0 Å². The molecule has 14 heavy (non-hydrogen) atoms. The molecule has 0 rings (SSSR count). The zero-order chi connectivity index (χ0) is 11.0. The fourth-order valence-electron chi connectivity index (χ4n) is 0.620. The van der Waals surface area contributed by atoms with Crippen molar-refractivity contribution in [2.45, 2.75) is 0 Å². The molecule has 0 saturated carbocycles. The second-order valence-corrected chi connectivity index (χ2v) is 2.95. The van der Waals surface area contributed by atoms with E-state index in [1.807, 2.05) is 0 Å². The molecule has 0 aromatic rings. The topological polar surface area (TPSA) is 86.2 Å². The van der Waals surface area contributed by atoms with E-state index in [-0.39, 0.29) is 6.54 Å². The molecule has 0 aromatic heterocycles. The first-order chi connectivity index (χ1) is 6.69.